The second kappa shape index (κ2) is 6.37. The quantitative estimate of drug-likeness (QED) is 0.516. The van der Waals surface area contributed by atoms with Gasteiger partial charge in [-0.3, -0.25) is 0 Å². The molecule has 0 saturated heterocycles. The minimum atomic E-state index is 0.281. The van der Waals surface area contributed by atoms with E-state index in [0.29, 0.717) is 0 Å². The van der Waals surface area contributed by atoms with Crippen LogP contribution in [0.2, 0.25) is 0 Å². The van der Waals surface area contributed by atoms with E-state index in [-0.39, 0.29) is 5.75 Å². The Hall–Kier alpha value is -2.59. The maximum atomic E-state index is 10.6. The van der Waals surface area contributed by atoms with E-state index in [2.05, 4.69) is 48.0 Å². The zero-order valence-corrected chi connectivity index (χ0v) is 15.2. The van der Waals surface area contributed by atoms with Gasteiger partial charge >= 0.3 is 0 Å². The summed E-state index contributed by atoms with van der Waals surface area (Å²) in [6, 6.07) is 18.4. The van der Waals surface area contributed by atoms with Crippen molar-refractivity contribution in [3.05, 3.63) is 54.6 Å². The standard InChI is InChI=1S/C21H20N2OS/c1-3-23(4-2)16-10-9-14-12-17(19(24)13-15(14)11-16)21-22-18-7-5-6-8-20(18)25-21/h5-13,24H,3-4H2,1-2H3. The van der Waals surface area contributed by atoms with Crippen LogP contribution in [0.25, 0.3) is 31.6 Å². The van der Waals surface area contributed by atoms with Crippen molar-refractivity contribution in [1.29, 1.82) is 0 Å². The lowest BCUT2D eigenvalue weighted by molar-refractivity contribution is 0.478. The third kappa shape index (κ3) is 2.83. The van der Waals surface area contributed by atoms with Gasteiger partial charge in [0.05, 0.1) is 15.8 Å². The van der Waals surface area contributed by atoms with Crippen molar-refractivity contribution >= 4 is 38.0 Å². The molecule has 0 bridgehead atoms. The molecule has 1 N–H and O–H groups in total. The number of nitrogens with zero attached hydrogens (tertiary/aromatic N) is 2. The fourth-order valence-electron chi connectivity index (χ4n) is 3.22. The molecule has 0 saturated carbocycles. The van der Waals surface area contributed by atoms with E-state index in [9.17, 15) is 5.11 Å². The smallest absolute Gasteiger partial charge is 0.128 e. The van der Waals surface area contributed by atoms with Crippen LogP contribution in [-0.2, 0) is 0 Å². The van der Waals surface area contributed by atoms with Crippen molar-refractivity contribution in [1.82, 2.24) is 4.98 Å². The molecule has 0 unspecified atom stereocenters. The summed E-state index contributed by atoms with van der Waals surface area (Å²) < 4.78 is 1.13. The van der Waals surface area contributed by atoms with E-state index in [1.165, 1.54) is 5.69 Å². The molecule has 0 aliphatic heterocycles. The van der Waals surface area contributed by atoms with E-state index in [1.807, 2.05) is 30.3 Å². The van der Waals surface area contributed by atoms with Crippen LogP contribution in [0.1, 0.15) is 13.8 Å². The Labute approximate surface area is 151 Å². The highest BCUT2D eigenvalue weighted by atomic mass is 32.1. The van der Waals surface area contributed by atoms with Gasteiger partial charge in [0.25, 0.3) is 0 Å². The number of para-hydroxylation sites is 1. The highest BCUT2D eigenvalue weighted by Crippen LogP contribution is 2.38. The Morgan fingerprint density at radius 2 is 1.76 bits per heavy atom. The summed E-state index contributed by atoms with van der Waals surface area (Å²) in [5, 5.41) is 13.6. The summed E-state index contributed by atoms with van der Waals surface area (Å²) in [5.74, 6) is 0.281. The molecule has 4 rings (SSSR count). The van der Waals surface area contributed by atoms with Gasteiger partial charge < -0.3 is 10.0 Å². The van der Waals surface area contributed by atoms with Crippen LogP contribution in [0.4, 0.5) is 5.69 Å². The molecule has 1 heterocycles. The van der Waals surface area contributed by atoms with Gasteiger partial charge in [-0.05, 0) is 61.0 Å². The number of aromatic hydroxyl groups is 1. The largest absolute Gasteiger partial charge is 0.507 e. The molecule has 3 aromatic carbocycles. The molecule has 0 aliphatic carbocycles. The van der Waals surface area contributed by atoms with E-state index in [4.69, 9.17) is 0 Å². The first-order valence-electron chi connectivity index (χ1n) is 8.57. The monoisotopic (exact) mass is 348 g/mol. The fraction of sp³-hybridized carbons (Fsp3) is 0.190. The lowest BCUT2D eigenvalue weighted by Gasteiger charge is -2.21. The number of benzene rings is 3. The Kier molecular flexibility index (Phi) is 4.06. The van der Waals surface area contributed by atoms with Crippen molar-refractivity contribution in [3.8, 4) is 16.3 Å². The van der Waals surface area contributed by atoms with Crippen LogP contribution in [0.15, 0.2) is 54.6 Å². The molecular weight excluding hydrogens is 328 g/mol. The molecule has 0 fully saturated rings. The number of thiazole rings is 1. The third-order valence-corrected chi connectivity index (χ3v) is 5.66. The molecule has 0 spiro atoms. The van der Waals surface area contributed by atoms with E-state index >= 15 is 0 Å². The van der Waals surface area contributed by atoms with Crippen LogP contribution in [0.5, 0.6) is 5.75 Å². The van der Waals surface area contributed by atoms with Gasteiger partial charge in [0.2, 0.25) is 0 Å². The molecule has 3 nitrogen and oxygen atoms in total. The van der Waals surface area contributed by atoms with Crippen LogP contribution >= 0.6 is 11.3 Å². The number of hydrogen-bond donors (Lipinski definition) is 1. The van der Waals surface area contributed by atoms with Crippen LogP contribution < -0.4 is 4.90 Å². The van der Waals surface area contributed by atoms with Gasteiger partial charge in [-0.2, -0.15) is 0 Å². The van der Waals surface area contributed by atoms with Crippen molar-refractivity contribution in [3.63, 3.8) is 0 Å². The van der Waals surface area contributed by atoms with Gasteiger partial charge in [-0.1, -0.05) is 18.2 Å². The first-order chi connectivity index (χ1) is 12.2. The van der Waals surface area contributed by atoms with Crippen molar-refractivity contribution < 1.29 is 5.11 Å². The normalized spacial score (nSPS) is 11.3. The summed E-state index contributed by atoms with van der Waals surface area (Å²) in [4.78, 5) is 6.98. The Balaban J connectivity index is 1.83. The highest BCUT2D eigenvalue weighted by Gasteiger charge is 2.12. The molecular formula is C21H20N2OS. The summed E-state index contributed by atoms with van der Waals surface area (Å²) in [5.41, 5.74) is 2.95. The third-order valence-electron chi connectivity index (χ3n) is 4.59. The number of phenolic OH excluding ortho intramolecular Hbond substituents is 1. The average molecular weight is 348 g/mol. The summed E-state index contributed by atoms with van der Waals surface area (Å²) in [6.07, 6.45) is 0. The minimum absolute atomic E-state index is 0.281. The van der Waals surface area contributed by atoms with Crippen LogP contribution in [0, 0.1) is 0 Å². The van der Waals surface area contributed by atoms with E-state index in [0.717, 1.165) is 44.6 Å². The number of phenols is 1. The topological polar surface area (TPSA) is 36.4 Å². The van der Waals surface area contributed by atoms with Gasteiger partial charge in [0.15, 0.2) is 0 Å². The molecule has 4 heteroatoms. The molecule has 0 atom stereocenters. The number of fused-ring (bicyclic) bond motifs is 2. The number of hydrogen-bond acceptors (Lipinski definition) is 4. The number of anilines is 1. The zero-order valence-electron chi connectivity index (χ0n) is 14.4. The van der Waals surface area contributed by atoms with E-state index < -0.39 is 0 Å². The predicted octanol–water partition coefficient (Wildman–Crippen LogP) is 5.67. The van der Waals surface area contributed by atoms with Crippen molar-refractivity contribution in [2.24, 2.45) is 0 Å². The first kappa shape index (κ1) is 15.9. The zero-order chi connectivity index (χ0) is 17.4. The maximum Gasteiger partial charge on any atom is 0.128 e. The maximum absolute atomic E-state index is 10.6. The molecule has 0 aliphatic rings. The lowest BCUT2D eigenvalue weighted by atomic mass is 10.0. The first-order valence-corrected chi connectivity index (χ1v) is 9.39. The molecule has 0 radical (unpaired) electrons. The predicted molar refractivity (Wildman–Crippen MR) is 108 cm³/mol. The SMILES string of the molecule is CCN(CC)c1ccc2cc(-c3nc4ccccc4s3)c(O)cc2c1. The minimum Gasteiger partial charge on any atom is -0.507 e. The highest BCUT2D eigenvalue weighted by molar-refractivity contribution is 7.21. The van der Waals surface area contributed by atoms with Crippen LogP contribution in [-0.4, -0.2) is 23.2 Å². The fourth-order valence-corrected chi connectivity index (χ4v) is 4.21. The lowest BCUT2D eigenvalue weighted by Crippen LogP contribution is -2.21. The second-order valence-corrected chi connectivity index (χ2v) is 7.09. The van der Waals surface area contributed by atoms with Crippen molar-refractivity contribution in [2.75, 3.05) is 18.0 Å². The molecule has 126 valence electrons. The second-order valence-electron chi connectivity index (χ2n) is 6.06. The average Bonchev–Trinajstić information content (AvgIpc) is 3.06. The molecule has 4 aromatic rings. The molecule has 0 amide bonds. The van der Waals surface area contributed by atoms with Gasteiger partial charge in [0, 0.05) is 18.8 Å². The summed E-state index contributed by atoms with van der Waals surface area (Å²) >= 11 is 1.61. The number of aromatic nitrogens is 1. The Morgan fingerprint density at radius 1 is 0.960 bits per heavy atom. The molecule has 1 aromatic heterocycles. The van der Waals surface area contributed by atoms with Crippen molar-refractivity contribution in [2.45, 2.75) is 13.8 Å². The Morgan fingerprint density at radius 3 is 2.52 bits per heavy atom. The summed E-state index contributed by atoms with van der Waals surface area (Å²) in [7, 11) is 0. The molecule has 25 heavy (non-hydrogen) atoms. The van der Waals surface area contributed by atoms with Gasteiger partial charge in [-0.15, -0.1) is 11.3 Å². The summed E-state index contributed by atoms with van der Waals surface area (Å²) in [6.45, 7) is 6.25. The van der Waals surface area contributed by atoms with Crippen LogP contribution in [0.3, 0.4) is 0 Å². The van der Waals surface area contributed by atoms with Gasteiger partial charge in [-0.25, -0.2) is 4.98 Å². The Bertz CT molecular complexity index is 1020. The van der Waals surface area contributed by atoms with Gasteiger partial charge in [0.1, 0.15) is 10.8 Å². The van der Waals surface area contributed by atoms with E-state index in [1.54, 1.807) is 11.3 Å². The number of rotatable bonds is 4.